The lowest BCUT2D eigenvalue weighted by molar-refractivity contribution is 0.341. The molecular weight excluding hydrogens is 692 g/mol. The molecule has 0 aromatic heterocycles. The Kier molecular flexibility index (Phi) is 9.66. The molecule has 0 amide bonds. The predicted molar refractivity (Wildman–Crippen MR) is 128 cm³/mol. The summed E-state index contributed by atoms with van der Waals surface area (Å²) >= 11 is 88.9. The highest BCUT2D eigenvalue weighted by Crippen LogP contribution is 2.62. The van der Waals surface area contributed by atoms with Crippen LogP contribution in [0.4, 0.5) is 0 Å². The van der Waals surface area contributed by atoms with E-state index >= 15 is 0 Å². The van der Waals surface area contributed by atoms with Crippen LogP contribution in [0.1, 0.15) is 16.7 Å². The topological polar surface area (TPSA) is 19.9 Å². The van der Waals surface area contributed by atoms with Crippen LogP contribution in [0.25, 0.3) is 0 Å². The Balaban J connectivity index is 4.06. The van der Waals surface area contributed by atoms with Gasteiger partial charge < -0.3 is 0 Å². The van der Waals surface area contributed by atoms with Gasteiger partial charge in [-0.1, -0.05) is 174 Å². The van der Waals surface area contributed by atoms with Gasteiger partial charge in [0.05, 0.1) is 0 Å². The van der Waals surface area contributed by atoms with Crippen molar-refractivity contribution in [1.29, 1.82) is 0 Å². The number of hydrogen-bond donors (Lipinski definition) is 0. The fourth-order valence-corrected chi connectivity index (χ4v) is 3.46. The van der Waals surface area contributed by atoms with Gasteiger partial charge in [-0.2, -0.15) is 0 Å². The Morgan fingerprint density at radius 3 is 0.929 bits per heavy atom. The van der Waals surface area contributed by atoms with E-state index in [4.69, 9.17) is 174 Å². The summed E-state index contributed by atoms with van der Waals surface area (Å²) in [6.07, 6.45) is 0. The molecule has 1 rings (SSSR count). The van der Waals surface area contributed by atoms with Gasteiger partial charge in [-0.05, 0) is 17.7 Å². The zero-order valence-corrected chi connectivity index (χ0v) is 23.6. The van der Waals surface area contributed by atoms with Crippen molar-refractivity contribution in [2.24, 2.45) is 0 Å². The molecule has 0 aliphatic rings. The molecule has 0 N–H and O–H groups in total. The minimum atomic E-state index is -2.48. The van der Waals surface area contributed by atoms with Crippen LogP contribution in [0.15, 0.2) is 12.1 Å². The van der Waals surface area contributed by atoms with E-state index in [1.807, 2.05) is 0 Å². The molecule has 0 saturated heterocycles. The van der Waals surface area contributed by atoms with Crippen molar-refractivity contribution in [2.45, 2.75) is 24.4 Å². The van der Waals surface area contributed by atoms with Gasteiger partial charge in [0.2, 0.25) is 11.4 Å². The SMILES string of the molecule is [O]c1c(C(Cl)(Cl)C(Cl)(Cl)Cl)cc(C(Cl)(Cl)C(Cl)(Cl)Cl)cc1C(Cl)(Cl)C(Cl)(Cl)Cl. The Hall–Kier alpha value is 3.37. The molecule has 0 fully saturated rings. The van der Waals surface area contributed by atoms with E-state index in [2.05, 4.69) is 0 Å². The first-order valence-corrected chi connectivity index (χ1v) is 11.9. The van der Waals surface area contributed by atoms with E-state index in [9.17, 15) is 5.11 Å². The first-order valence-electron chi connectivity index (χ1n) is 6.19. The normalized spacial score (nSPS) is 15.1. The summed E-state index contributed by atoms with van der Waals surface area (Å²) in [7, 11) is 0. The van der Waals surface area contributed by atoms with Crippen LogP contribution >= 0.6 is 174 Å². The van der Waals surface area contributed by atoms with Crippen molar-refractivity contribution in [1.82, 2.24) is 0 Å². The zero-order chi connectivity index (χ0) is 22.7. The summed E-state index contributed by atoms with van der Waals surface area (Å²) in [5.74, 6) is -1.05. The predicted octanol–water partition coefficient (Wildman–Crippen LogP) is 10.8. The average Bonchev–Trinajstić information content (AvgIpc) is 2.42. The van der Waals surface area contributed by atoms with E-state index < -0.39 is 41.3 Å². The van der Waals surface area contributed by atoms with Crippen LogP contribution in [0.2, 0.25) is 0 Å². The lowest BCUT2D eigenvalue weighted by atomic mass is 9.97. The summed E-state index contributed by atoms with van der Waals surface area (Å²) in [6.45, 7) is 0. The van der Waals surface area contributed by atoms with Crippen molar-refractivity contribution in [3.8, 4) is 5.75 Å². The Morgan fingerprint density at radius 2 is 0.714 bits per heavy atom. The van der Waals surface area contributed by atoms with Gasteiger partial charge in [0.25, 0.3) is 0 Å². The Bertz CT molecular complexity index is 690. The Morgan fingerprint density at radius 1 is 0.464 bits per heavy atom. The van der Waals surface area contributed by atoms with Gasteiger partial charge in [0.1, 0.15) is 0 Å². The number of alkyl halides is 15. The molecular formula is C12H2Cl15O. The molecule has 1 aromatic rings. The van der Waals surface area contributed by atoms with E-state index in [-0.39, 0.29) is 5.56 Å². The maximum atomic E-state index is 13.0. The smallest absolute Gasteiger partial charge is 0.227 e. The monoisotopic (exact) mass is 687 g/mol. The van der Waals surface area contributed by atoms with E-state index in [0.717, 1.165) is 12.1 Å². The quantitative estimate of drug-likeness (QED) is 0.281. The second kappa shape index (κ2) is 9.20. The molecule has 0 aliphatic carbocycles. The maximum Gasteiger partial charge on any atom is 0.227 e. The molecule has 0 aliphatic heterocycles. The summed E-state index contributed by atoms with van der Waals surface area (Å²) in [5, 5.41) is 13.0. The maximum absolute atomic E-state index is 13.0. The lowest BCUT2D eigenvalue weighted by Crippen LogP contribution is -2.34. The van der Waals surface area contributed by atoms with Gasteiger partial charge in [0, 0.05) is 11.1 Å². The molecule has 1 aromatic carbocycles. The third-order valence-electron chi connectivity index (χ3n) is 3.20. The summed E-state index contributed by atoms with van der Waals surface area (Å²) < 4.78 is -14.5. The Labute approximate surface area is 235 Å². The van der Waals surface area contributed by atoms with Crippen molar-refractivity contribution >= 4 is 174 Å². The summed E-state index contributed by atoms with van der Waals surface area (Å²) in [6, 6.07) is 1.88. The minimum absolute atomic E-state index is 0.278. The zero-order valence-electron chi connectivity index (χ0n) is 12.2. The number of rotatable bonds is 3. The van der Waals surface area contributed by atoms with Crippen molar-refractivity contribution in [2.75, 3.05) is 0 Å². The molecule has 1 radical (unpaired) electrons. The van der Waals surface area contributed by atoms with Crippen molar-refractivity contribution in [3.05, 3.63) is 28.8 Å². The third kappa shape index (κ3) is 5.70. The van der Waals surface area contributed by atoms with Crippen LogP contribution in [-0.2, 0) is 18.1 Å². The van der Waals surface area contributed by atoms with Crippen LogP contribution in [0, 0.1) is 0 Å². The van der Waals surface area contributed by atoms with Crippen molar-refractivity contribution in [3.63, 3.8) is 0 Å². The summed E-state index contributed by atoms with van der Waals surface area (Å²) in [5.41, 5.74) is -1.47. The highest BCUT2D eigenvalue weighted by atomic mass is 35.6. The lowest BCUT2D eigenvalue weighted by Gasteiger charge is -2.35. The van der Waals surface area contributed by atoms with Crippen molar-refractivity contribution < 1.29 is 5.11 Å². The average molecular weight is 694 g/mol. The molecule has 16 heteroatoms. The highest BCUT2D eigenvalue weighted by molar-refractivity contribution is 6.77. The molecule has 161 valence electrons. The molecule has 1 nitrogen and oxygen atoms in total. The standard InChI is InChI=1S/C12H2Cl15O/c13-7(14,10(19,20)21)3-1-4(8(15,16)11(22,23)24)6(28)5(2-3)9(17,18)12(25,26)27/h1-2H. The molecule has 0 saturated carbocycles. The minimum Gasteiger partial charge on any atom is -0.289 e. The number of halogens is 15. The van der Waals surface area contributed by atoms with Crippen LogP contribution in [0.3, 0.4) is 0 Å². The fourth-order valence-electron chi connectivity index (χ4n) is 1.75. The number of benzene rings is 1. The second-order valence-electron chi connectivity index (χ2n) is 5.12. The molecule has 0 atom stereocenters. The summed E-state index contributed by atoms with van der Waals surface area (Å²) in [4.78, 5) is 0. The molecule has 0 heterocycles. The van der Waals surface area contributed by atoms with E-state index in [1.165, 1.54) is 0 Å². The van der Waals surface area contributed by atoms with Gasteiger partial charge in [-0.15, -0.1) is 0 Å². The van der Waals surface area contributed by atoms with E-state index in [1.54, 1.807) is 0 Å². The molecule has 0 unspecified atom stereocenters. The van der Waals surface area contributed by atoms with Gasteiger partial charge in [-0.25, -0.2) is 0 Å². The molecule has 28 heavy (non-hydrogen) atoms. The van der Waals surface area contributed by atoms with E-state index in [0.29, 0.717) is 0 Å². The van der Waals surface area contributed by atoms with Crippen LogP contribution in [-0.4, -0.2) is 11.4 Å². The molecule has 0 bridgehead atoms. The van der Waals surface area contributed by atoms with Gasteiger partial charge in [0.15, 0.2) is 18.7 Å². The molecule has 0 spiro atoms. The first kappa shape index (κ1) is 29.4. The largest absolute Gasteiger partial charge is 0.289 e. The second-order valence-corrected chi connectivity index (χ2v) is 15.9. The van der Waals surface area contributed by atoms with Crippen LogP contribution < -0.4 is 0 Å². The van der Waals surface area contributed by atoms with Crippen LogP contribution in [0.5, 0.6) is 5.75 Å². The fraction of sp³-hybridized carbons (Fsp3) is 0.500. The highest BCUT2D eigenvalue weighted by Gasteiger charge is 2.56. The third-order valence-corrected chi connectivity index (χ3v) is 10.4. The van der Waals surface area contributed by atoms with Gasteiger partial charge >= 0.3 is 0 Å². The van der Waals surface area contributed by atoms with Gasteiger partial charge in [-0.3, -0.25) is 5.11 Å². The number of hydrogen-bond acceptors (Lipinski definition) is 0. The first-order chi connectivity index (χ1) is 12.0.